The zero-order valence-corrected chi connectivity index (χ0v) is 22.5. The first-order chi connectivity index (χ1) is 17.9. The van der Waals surface area contributed by atoms with Crippen molar-refractivity contribution >= 4 is 11.7 Å². The summed E-state index contributed by atoms with van der Waals surface area (Å²) in [6, 6.07) is 14.9. The Balaban J connectivity index is 1.44. The fraction of sp³-hybridized carbons (Fsp3) is 0.452. The second kappa shape index (κ2) is 12.8. The maximum atomic E-state index is 13.8. The average molecular weight is 503 g/mol. The Morgan fingerprint density at radius 2 is 1.73 bits per heavy atom. The van der Waals surface area contributed by atoms with E-state index < -0.39 is 0 Å². The summed E-state index contributed by atoms with van der Waals surface area (Å²) in [7, 11) is 0. The van der Waals surface area contributed by atoms with E-state index in [1.807, 2.05) is 36.9 Å². The number of carbonyl (C=O) groups is 1. The number of halogens is 1. The smallest absolute Gasteiger partial charge is 0.253 e. The largest absolute Gasteiger partial charge is 0.354 e. The maximum absolute atomic E-state index is 13.8. The third kappa shape index (κ3) is 7.15. The predicted molar refractivity (Wildman–Crippen MR) is 148 cm³/mol. The molecule has 6 heteroatoms. The maximum Gasteiger partial charge on any atom is 0.253 e. The van der Waals surface area contributed by atoms with E-state index >= 15 is 0 Å². The van der Waals surface area contributed by atoms with Gasteiger partial charge in [0.15, 0.2) is 0 Å². The van der Waals surface area contributed by atoms with Crippen molar-refractivity contribution in [3.05, 3.63) is 88.1 Å². The topological polar surface area (TPSA) is 49.3 Å². The molecule has 0 N–H and O–H groups in total. The lowest BCUT2D eigenvalue weighted by molar-refractivity contribution is 0.0767. The molecule has 2 heterocycles. The van der Waals surface area contributed by atoms with Crippen LogP contribution in [0.25, 0.3) is 0 Å². The lowest BCUT2D eigenvalue weighted by Crippen LogP contribution is -2.35. The van der Waals surface area contributed by atoms with E-state index in [9.17, 15) is 9.18 Å². The molecule has 0 unspecified atom stereocenters. The van der Waals surface area contributed by atoms with E-state index in [4.69, 9.17) is 4.98 Å². The lowest BCUT2D eigenvalue weighted by atomic mass is 10.0. The Morgan fingerprint density at radius 1 is 0.919 bits per heavy atom. The van der Waals surface area contributed by atoms with Gasteiger partial charge >= 0.3 is 0 Å². The van der Waals surface area contributed by atoms with E-state index in [1.54, 1.807) is 12.1 Å². The predicted octanol–water partition coefficient (Wildman–Crippen LogP) is 6.30. The number of anilines is 1. The van der Waals surface area contributed by atoms with Gasteiger partial charge < -0.3 is 9.80 Å². The summed E-state index contributed by atoms with van der Waals surface area (Å²) < 4.78 is 13.8. The van der Waals surface area contributed by atoms with Gasteiger partial charge in [0.1, 0.15) is 17.5 Å². The van der Waals surface area contributed by atoms with Crippen LogP contribution in [0.3, 0.4) is 0 Å². The van der Waals surface area contributed by atoms with Crippen LogP contribution in [0.4, 0.5) is 10.2 Å². The van der Waals surface area contributed by atoms with Gasteiger partial charge in [-0.05, 0) is 68.5 Å². The molecular formula is C31H39FN4O. The van der Waals surface area contributed by atoms with Crippen LogP contribution in [0.1, 0.15) is 77.6 Å². The van der Waals surface area contributed by atoms with Gasteiger partial charge in [-0.2, -0.15) is 0 Å². The summed E-state index contributed by atoms with van der Waals surface area (Å²) >= 11 is 0. The van der Waals surface area contributed by atoms with Crippen molar-refractivity contribution in [2.24, 2.45) is 0 Å². The number of amides is 1. The highest BCUT2D eigenvalue weighted by Crippen LogP contribution is 2.26. The first kappa shape index (κ1) is 26.8. The van der Waals surface area contributed by atoms with Crippen LogP contribution < -0.4 is 4.90 Å². The number of hydrogen-bond acceptors (Lipinski definition) is 4. The number of rotatable bonds is 9. The van der Waals surface area contributed by atoms with Crippen molar-refractivity contribution in [3.8, 4) is 0 Å². The minimum absolute atomic E-state index is 0.0921. The minimum Gasteiger partial charge on any atom is -0.354 e. The number of aromatic nitrogens is 2. The zero-order chi connectivity index (χ0) is 26.2. The molecule has 1 amide bonds. The van der Waals surface area contributed by atoms with Gasteiger partial charge in [-0.3, -0.25) is 4.79 Å². The molecule has 0 aliphatic carbocycles. The van der Waals surface area contributed by atoms with Gasteiger partial charge in [0.05, 0.1) is 0 Å². The number of aryl methyl sites for hydroxylation is 3. The number of benzene rings is 2. The number of unbranched alkanes of at least 4 members (excludes halogenated alkanes) is 3. The molecule has 1 aliphatic heterocycles. The van der Waals surface area contributed by atoms with Gasteiger partial charge in [0.25, 0.3) is 5.91 Å². The molecule has 1 aliphatic rings. The summed E-state index contributed by atoms with van der Waals surface area (Å²) in [5.74, 6) is 1.48. The molecule has 0 bridgehead atoms. The summed E-state index contributed by atoms with van der Waals surface area (Å²) in [5, 5.41) is 0. The van der Waals surface area contributed by atoms with Crippen LogP contribution in [-0.4, -0.2) is 47.0 Å². The Labute approximate surface area is 220 Å². The fourth-order valence-electron chi connectivity index (χ4n) is 5.12. The molecule has 2 aromatic carbocycles. The summed E-state index contributed by atoms with van der Waals surface area (Å²) in [5.41, 5.74) is 4.89. The van der Waals surface area contributed by atoms with E-state index in [2.05, 4.69) is 28.9 Å². The Kier molecular flexibility index (Phi) is 9.26. The van der Waals surface area contributed by atoms with Crippen LogP contribution in [0.5, 0.6) is 0 Å². The molecule has 1 saturated heterocycles. The molecule has 196 valence electrons. The van der Waals surface area contributed by atoms with Crippen molar-refractivity contribution < 1.29 is 9.18 Å². The third-order valence-electron chi connectivity index (χ3n) is 7.18. The highest BCUT2D eigenvalue weighted by Gasteiger charge is 2.24. The molecule has 1 fully saturated rings. The van der Waals surface area contributed by atoms with Gasteiger partial charge in [0.2, 0.25) is 0 Å². The molecule has 0 saturated carbocycles. The normalized spacial score (nSPS) is 14.1. The van der Waals surface area contributed by atoms with Crippen LogP contribution in [0.15, 0.2) is 48.5 Å². The number of carbonyl (C=O) groups excluding carboxylic acids is 1. The molecule has 4 rings (SSSR count). The minimum atomic E-state index is -0.238. The first-order valence-electron chi connectivity index (χ1n) is 13.7. The Hall–Kier alpha value is -3.28. The van der Waals surface area contributed by atoms with Crippen molar-refractivity contribution in [3.63, 3.8) is 0 Å². The van der Waals surface area contributed by atoms with E-state index in [-0.39, 0.29) is 11.7 Å². The standard InChI is InChI=1S/C31H39FN4O/c1-4-5-6-7-10-25-13-15-27(16-14-25)31(37)36-18-9-17-35(19-20-36)30-29(23(2)33-24(3)34-30)22-26-11-8-12-28(32)21-26/h8,11-16,21H,4-7,9-10,17-20,22H2,1-3H3. The molecule has 0 spiro atoms. The molecule has 37 heavy (non-hydrogen) atoms. The summed E-state index contributed by atoms with van der Waals surface area (Å²) in [6.45, 7) is 9.00. The van der Waals surface area contributed by atoms with E-state index in [1.165, 1.54) is 37.3 Å². The molecular weight excluding hydrogens is 463 g/mol. The van der Waals surface area contributed by atoms with Crippen LogP contribution in [-0.2, 0) is 12.8 Å². The van der Waals surface area contributed by atoms with Crippen molar-refractivity contribution in [1.29, 1.82) is 0 Å². The highest BCUT2D eigenvalue weighted by atomic mass is 19.1. The average Bonchev–Trinajstić information content (AvgIpc) is 3.14. The second-order valence-electron chi connectivity index (χ2n) is 10.1. The van der Waals surface area contributed by atoms with Crippen LogP contribution >= 0.6 is 0 Å². The lowest BCUT2D eigenvalue weighted by Gasteiger charge is -2.26. The highest BCUT2D eigenvalue weighted by molar-refractivity contribution is 5.94. The third-order valence-corrected chi connectivity index (χ3v) is 7.18. The van der Waals surface area contributed by atoms with Gasteiger partial charge in [-0.15, -0.1) is 0 Å². The second-order valence-corrected chi connectivity index (χ2v) is 10.1. The molecule has 1 aromatic heterocycles. The SMILES string of the molecule is CCCCCCc1ccc(C(=O)N2CCCN(c3nc(C)nc(C)c3Cc3cccc(F)c3)CC2)cc1. The zero-order valence-electron chi connectivity index (χ0n) is 22.5. The number of nitrogens with zero attached hydrogens (tertiary/aromatic N) is 4. The monoisotopic (exact) mass is 502 g/mol. The molecule has 0 atom stereocenters. The number of hydrogen-bond donors (Lipinski definition) is 0. The molecule has 5 nitrogen and oxygen atoms in total. The van der Waals surface area contributed by atoms with Crippen molar-refractivity contribution in [2.75, 3.05) is 31.1 Å². The van der Waals surface area contributed by atoms with E-state index in [0.717, 1.165) is 60.0 Å². The van der Waals surface area contributed by atoms with Gasteiger partial charge in [0, 0.05) is 49.4 Å². The van der Waals surface area contributed by atoms with Crippen molar-refractivity contribution in [2.45, 2.75) is 65.7 Å². The van der Waals surface area contributed by atoms with Crippen LogP contribution in [0.2, 0.25) is 0 Å². The van der Waals surface area contributed by atoms with Gasteiger partial charge in [-0.25, -0.2) is 14.4 Å². The summed E-state index contributed by atoms with van der Waals surface area (Å²) in [6.07, 6.45) is 7.49. The molecule has 0 radical (unpaired) electrons. The quantitative estimate of drug-likeness (QED) is 0.322. The van der Waals surface area contributed by atoms with E-state index in [0.29, 0.717) is 19.5 Å². The Bertz CT molecular complexity index is 1190. The molecule has 3 aromatic rings. The Morgan fingerprint density at radius 3 is 2.49 bits per heavy atom. The first-order valence-corrected chi connectivity index (χ1v) is 13.7. The van der Waals surface area contributed by atoms with Gasteiger partial charge in [-0.1, -0.05) is 50.5 Å². The van der Waals surface area contributed by atoms with Crippen LogP contribution in [0, 0.1) is 19.7 Å². The van der Waals surface area contributed by atoms with Crippen molar-refractivity contribution in [1.82, 2.24) is 14.9 Å². The fourth-order valence-corrected chi connectivity index (χ4v) is 5.12. The summed E-state index contributed by atoms with van der Waals surface area (Å²) in [4.78, 5) is 26.9.